The smallest absolute Gasteiger partial charge is 0.178 e. The van der Waals surface area contributed by atoms with Crippen LogP contribution in [0, 0.1) is 0 Å². The van der Waals surface area contributed by atoms with Crippen LogP contribution in [0.15, 0.2) is 41.7 Å². The van der Waals surface area contributed by atoms with Gasteiger partial charge in [0.05, 0.1) is 6.54 Å². The van der Waals surface area contributed by atoms with Crippen molar-refractivity contribution in [2.24, 2.45) is 4.99 Å². The zero-order valence-electron chi connectivity index (χ0n) is 10.5. The van der Waals surface area contributed by atoms with Gasteiger partial charge in [0, 0.05) is 42.3 Å². The van der Waals surface area contributed by atoms with Crippen LogP contribution in [0.1, 0.15) is 11.4 Å². The molecule has 0 N–H and O–H groups in total. The van der Waals surface area contributed by atoms with Crippen molar-refractivity contribution in [3.05, 3.63) is 53.1 Å². The van der Waals surface area contributed by atoms with E-state index in [4.69, 9.17) is 11.6 Å². The van der Waals surface area contributed by atoms with Crippen LogP contribution >= 0.6 is 11.6 Å². The number of rotatable bonds is 1. The predicted molar refractivity (Wildman–Crippen MR) is 77.3 cm³/mol. The van der Waals surface area contributed by atoms with Gasteiger partial charge in [-0.1, -0.05) is 11.6 Å². The zero-order valence-corrected chi connectivity index (χ0v) is 11.3. The van der Waals surface area contributed by atoms with Crippen LogP contribution in [-0.4, -0.2) is 35.8 Å². The number of benzodiazepines with no additional fused rings is 1. The molecular weight excluding hydrogens is 260 g/mol. The van der Waals surface area contributed by atoms with Crippen LogP contribution in [-0.2, 0) is 0 Å². The molecule has 0 aliphatic carbocycles. The summed E-state index contributed by atoms with van der Waals surface area (Å²) in [6, 6.07) is 7.63. The van der Waals surface area contributed by atoms with Gasteiger partial charge in [0.1, 0.15) is 5.71 Å². The van der Waals surface area contributed by atoms with Crippen molar-refractivity contribution in [3.8, 4) is 0 Å². The maximum atomic E-state index is 6.12. The molecule has 4 nitrogen and oxygen atoms in total. The highest BCUT2D eigenvalue weighted by molar-refractivity contribution is 6.31. The first-order valence-corrected chi connectivity index (χ1v) is 6.46. The molecule has 0 atom stereocenters. The maximum absolute atomic E-state index is 6.12. The highest BCUT2D eigenvalue weighted by Crippen LogP contribution is 2.27. The average molecular weight is 273 g/mol. The Balaban J connectivity index is 2.18. The van der Waals surface area contributed by atoms with Crippen molar-refractivity contribution in [3.63, 3.8) is 0 Å². The van der Waals surface area contributed by atoms with Crippen molar-refractivity contribution < 1.29 is 0 Å². The van der Waals surface area contributed by atoms with Crippen LogP contribution in [0.3, 0.4) is 0 Å². The molecular formula is C14H13ClN4. The molecule has 2 aromatic rings. The maximum Gasteiger partial charge on any atom is 0.178 e. The summed E-state index contributed by atoms with van der Waals surface area (Å²) in [6.07, 6.45) is 3.45. The molecule has 0 amide bonds. The fourth-order valence-electron chi connectivity index (χ4n) is 2.16. The third-order valence-electron chi connectivity index (χ3n) is 3.11. The van der Waals surface area contributed by atoms with Crippen molar-refractivity contribution in [1.82, 2.24) is 9.97 Å². The summed E-state index contributed by atoms with van der Waals surface area (Å²) in [5.41, 5.74) is 2.90. The minimum atomic E-state index is 0.640. The number of anilines is 1. The summed E-state index contributed by atoms with van der Waals surface area (Å²) < 4.78 is 0. The third kappa shape index (κ3) is 2.31. The van der Waals surface area contributed by atoms with E-state index >= 15 is 0 Å². The van der Waals surface area contributed by atoms with Gasteiger partial charge in [-0.3, -0.25) is 4.99 Å². The van der Waals surface area contributed by atoms with Crippen LogP contribution in [0.2, 0.25) is 5.02 Å². The summed E-state index contributed by atoms with van der Waals surface area (Å²) in [7, 11) is 2.05. The molecule has 96 valence electrons. The highest BCUT2D eigenvalue weighted by atomic mass is 35.5. The number of halogens is 1. The first-order valence-electron chi connectivity index (χ1n) is 6.08. The molecule has 3 rings (SSSR count). The largest absolute Gasteiger partial charge is 0.372 e. The van der Waals surface area contributed by atoms with Gasteiger partial charge in [-0.25, -0.2) is 9.97 Å². The van der Waals surface area contributed by atoms with Crippen LogP contribution in [0.25, 0.3) is 0 Å². The minimum absolute atomic E-state index is 0.640. The number of nitrogens with zero attached hydrogens (tertiary/aromatic N) is 4. The van der Waals surface area contributed by atoms with Crippen LogP contribution in [0.4, 0.5) is 5.69 Å². The van der Waals surface area contributed by atoms with Crippen LogP contribution in [0.5, 0.6) is 0 Å². The molecule has 0 saturated carbocycles. The van der Waals surface area contributed by atoms with Crippen molar-refractivity contribution in [2.45, 2.75) is 0 Å². The third-order valence-corrected chi connectivity index (χ3v) is 3.34. The number of hydrogen-bond donors (Lipinski definition) is 0. The lowest BCUT2D eigenvalue weighted by atomic mass is 10.1. The quantitative estimate of drug-likeness (QED) is 0.801. The SMILES string of the molecule is CN1CCN=C(c2ncccn2)c2cc(Cl)ccc21. The fourth-order valence-corrected chi connectivity index (χ4v) is 2.33. The second-order valence-electron chi connectivity index (χ2n) is 4.39. The number of aliphatic imine (C=N–C) groups is 1. The molecule has 1 aliphatic heterocycles. The molecule has 0 radical (unpaired) electrons. The fraction of sp³-hybridized carbons (Fsp3) is 0.214. The second kappa shape index (κ2) is 4.97. The van der Waals surface area contributed by atoms with Gasteiger partial charge in [-0.15, -0.1) is 0 Å². The van der Waals surface area contributed by atoms with E-state index in [1.807, 2.05) is 18.2 Å². The predicted octanol–water partition coefficient (Wildman–Crippen LogP) is 2.42. The molecule has 0 unspecified atom stereocenters. The van der Waals surface area contributed by atoms with E-state index in [0.717, 1.165) is 30.1 Å². The Morgan fingerprint density at radius 1 is 1.21 bits per heavy atom. The Labute approximate surface area is 116 Å². The Hall–Kier alpha value is -1.94. The minimum Gasteiger partial charge on any atom is -0.372 e. The first kappa shape index (κ1) is 12.1. The first-order chi connectivity index (χ1) is 9.25. The van der Waals surface area contributed by atoms with Gasteiger partial charge >= 0.3 is 0 Å². The number of aromatic nitrogens is 2. The lowest BCUT2D eigenvalue weighted by Crippen LogP contribution is -2.20. The molecule has 0 bridgehead atoms. The molecule has 0 spiro atoms. The van der Waals surface area contributed by atoms with Gasteiger partial charge in [-0.05, 0) is 24.3 Å². The van der Waals surface area contributed by atoms with E-state index in [1.54, 1.807) is 18.5 Å². The van der Waals surface area contributed by atoms with Crippen molar-refractivity contribution in [1.29, 1.82) is 0 Å². The summed E-state index contributed by atoms with van der Waals surface area (Å²) in [5, 5.41) is 0.692. The monoisotopic (exact) mass is 272 g/mol. The van der Waals surface area contributed by atoms with E-state index < -0.39 is 0 Å². The van der Waals surface area contributed by atoms with Crippen molar-refractivity contribution in [2.75, 3.05) is 25.0 Å². The van der Waals surface area contributed by atoms with E-state index in [0.29, 0.717) is 10.8 Å². The molecule has 1 aromatic carbocycles. The van der Waals surface area contributed by atoms with E-state index in [-0.39, 0.29) is 0 Å². The number of hydrogen-bond acceptors (Lipinski definition) is 4. The molecule has 5 heteroatoms. The lowest BCUT2D eigenvalue weighted by Gasteiger charge is -2.19. The number of likely N-dealkylation sites (N-methyl/N-ethyl adjacent to an activating group) is 1. The van der Waals surface area contributed by atoms with E-state index in [1.165, 1.54) is 0 Å². The topological polar surface area (TPSA) is 41.4 Å². The van der Waals surface area contributed by atoms with E-state index in [2.05, 4.69) is 26.9 Å². The summed E-state index contributed by atoms with van der Waals surface area (Å²) in [5.74, 6) is 0.640. The van der Waals surface area contributed by atoms with Gasteiger partial charge in [-0.2, -0.15) is 0 Å². The molecule has 0 fully saturated rings. The second-order valence-corrected chi connectivity index (χ2v) is 4.82. The summed E-state index contributed by atoms with van der Waals surface area (Å²) >= 11 is 6.12. The van der Waals surface area contributed by atoms with Gasteiger partial charge in [0.2, 0.25) is 0 Å². The molecule has 2 heterocycles. The number of benzene rings is 1. The van der Waals surface area contributed by atoms with Crippen molar-refractivity contribution >= 4 is 23.0 Å². The van der Waals surface area contributed by atoms with E-state index in [9.17, 15) is 0 Å². The summed E-state index contributed by atoms with van der Waals surface area (Å²) in [6.45, 7) is 1.58. The van der Waals surface area contributed by atoms with Crippen LogP contribution < -0.4 is 4.90 Å². The molecule has 1 aliphatic rings. The Kier molecular flexibility index (Phi) is 3.17. The summed E-state index contributed by atoms with van der Waals surface area (Å²) in [4.78, 5) is 15.4. The molecule has 0 saturated heterocycles. The Morgan fingerprint density at radius 2 is 2.00 bits per heavy atom. The lowest BCUT2D eigenvalue weighted by molar-refractivity contribution is 0.896. The standard InChI is InChI=1S/C14H13ClN4/c1-19-8-7-16-13(14-17-5-2-6-18-14)11-9-10(15)3-4-12(11)19/h2-6,9H,7-8H2,1H3. The molecule has 1 aromatic heterocycles. The Bertz CT molecular complexity index is 625. The van der Waals surface area contributed by atoms with Gasteiger partial charge in [0.25, 0.3) is 0 Å². The number of fused-ring (bicyclic) bond motifs is 1. The molecule has 19 heavy (non-hydrogen) atoms. The normalized spacial score (nSPS) is 14.6. The zero-order chi connectivity index (χ0) is 13.2. The Morgan fingerprint density at radius 3 is 2.79 bits per heavy atom. The van der Waals surface area contributed by atoms with Gasteiger partial charge < -0.3 is 4.90 Å². The average Bonchev–Trinajstić information content (AvgIpc) is 2.59. The van der Waals surface area contributed by atoms with Gasteiger partial charge in [0.15, 0.2) is 5.82 Å². The highest BCUT2D eigenvalue weighted by Gasteiger charge is 2.19.